The minimum atomic E-state index is 0.572. The first kappa shape index (κ1) is 14.6. The summed E-state index contributed by atoms with van der Waals surface area (Å²) < 4.78 is 0. The molecule has 3 rings (SSSR count). The van der Waals surface area contributed by atoms with Crippen LogP contribution in [0.25, 0.3) is 0 Å². The normalized spacial score (nSPS) is 14.8. The second kappa shape index (κ2) is 5.48. The van der Waals surface area contributed by atoms with Crippen molar-refractivity contribution in [3.8, 4) is 0 Å². The number of anilines is 2. The van der Waals surface area contributed by atoms with Crippen LogP contribution in [0.3, 0.4) is 0 Å². The first-order chi connectivity index (χ1) is 10.5. The molecule has 3 heteroatoms. The molecule has 2 aromatic rings. The minimum absolute atomic E-state index is 0.572. The van der Waals surface area contributed by atoms with Crippen LogP contribution in [0, 0.1) is 33.1 Å². The van der Waals surface area contributed by atoms with Gasteiger partial charge in [-0.3, -0.25) is 5.41 Å². The Morgan fingerprint density at radius 2 is 1.14 bits per heavy atom. The van der Waals surface area contributed by atoms with Crippen LogP contribution in [0.15, 0.2) is 36.4 Å². The number of aryl methyl sites for hydroxylation is 2. The van der Waals surface area contributed by atoms with E-state index in [9.17, 15) is 0 Å². The molecule has 0 atom stereocenters. The summed E-state index contributed by atoms with van der Waals surface area (Å²) in [5.41, 5.74) is 7.37. The average Bonchev–Trinajstić information content (AvgIpc) is 2.87. The quantitative estimate of drug-likeness (QED) is 0.900. The van der Waals surface area contributed by atoms with Crippen molar-refractivity contribution in [3.63, 3.8) is 0 Å². The summed E-state index contributed by atoms with van der Waals surface area (Å²) in [5, 5.41) is 8.62. The minimum Gasteiger partial charge on any atom is -0.310 e. The zero-order valence-electron chi connectivity index (χ0n) is 13.8. The molecule has 1 aliphatic heterocycles. The van der Waals surface area contributed by atoms with Crippen molar-refractivity contribution in [3.05, 3.63) is 58.7 Å². The highest BCUT2D eigenvalue weighted by Crippen LogP contribution is 2.30. The predicted octanol–water partition coefficient (Wildman–Crippen LogP) is 4.18. The monoisotopic (exact) mass is 293 g/mol. The number of benzene rings is 2. The molecule has 1 fully saturated rings. The largest absolute Gasteiger partial charge is 0.310 e. The Morgan fingerprint density at radius 1 is 0.727 bits per heavy atom. The lowest BCUT2D eigenvalue weighted by Crippen LogP contribution is -2.33. The molecule has 0 saturated carbocycles. The third-order valence-electron chi connectivity index (χ3n) is 4.79. The van der Waals surface area contributed by atoms with Crippen LogP contribution in [0.2, 0.25) is 0 Å². The van der Waals surface area contributed by atoms with E-state index in [2.05, 4.69) is 73.9 Å². The SMILES string of the molecule is Cc1cccc(N2CCN(c3cccc(C)c3C)C2=N)c1C. The highest BCUT2D eigenvalue weighted by Gasteiger charge is 2.29. The second-order valence-corrected chi connectivity index (χ2v) is 6.06. The van der Waals surface area contributed by atoms with Crippen molar-refractivity contribution in [2.24, 2.45) is 0 Å². The lowest BCUT2D eigenvalue weighted by molar-refractivity contribution is 1.01. The van der Waals surface area contributed by atoms with Crippen LogP contribution in [0.4, 0.5) is 11.4 Å². The molecule has 3 nitrogen and oxygen atoms in total. The first-order valence-electron chi connectivity index (χ1n) is 7.76. The first-order valence-corrected chi connectivity index (χ1v) is 7.76. The summed E-state index contributed by atoms with van der Waals surface area (Å²) >= 11 is 0. The lowest BCUT2D eigenvalue weighted by Gasteiger charge is -2.25. The van der Waals surface area contributed by atoms with Crippen molar-refractivity contribution in [2.45, 2.75) is 27.7 Å². The van der Waals surface area contributed by atoms with Gasteiger partial charge in [0.15, 0.2) is 0 Å². The van der Waals surface area contributed by atoms with Crippen molar-refractivity contribution >= 4 is 17.3 Å². The van der Waals surface area contributed by atoms with E-state index in [4.69, 9.17) is 5.41 Å². The molecule has 0 unspecified atom stereocenters. The van der Waals surface area contributed by atoms with Crippen molar-refractivity contribution in [2.75, 3.05) is 22.9 Å². The third kappa shape index (κ3) is 2.27. The zero-order chi connectivity index (χ0) is 15.9. The smallest absolute Gasteiger partial charge is 0.203 e. The maximum Gasteiger partial charge on any atom is 0.203 e. The van der Waals surface area contributed by atoms with Crippen LogP contribution in [-0.2, 0) is 0 Å². The maximum absolute atomic E-state index is 8.62. The number of hydrogen-bond donors (Lipinski definition) is 1. The Balaban J connectivity index is 1.96. The number of guanidine groups is 1. The van der Waals surface area contributed by atoms with Crippen molar-refractivity contribution in [1.82, 2.24) is 0 Å². The predicted molar refractivity (Wildman–Crippen MR) is 94.3 cm³/mol. The summed E-state index contributed by atoms with van der Waals surface area (Å²) in [6, 6.07) is 12.6. The van der Waals surface area contributed by atoms with Gasteiger partial charge >= 0.3 is 0 Å². The molecular weight excluding hydrogens is 270 g/mol. The Kier molecular flexibility index (Phi) is 3.65. The van der Waals surface area contributed by atoms with E-state index >= 15 is 0 Å². The van der Waals surface area contributed by atoms with E-state index in [1.54, 1.807) is 0 Å². The van der Waals surface area contributed by atoms with Crippen molar-refractivity contribution in [1.29, 1.82) is 5.41 Å². The van der Waals surface area contributed by atoms with Crippen LogP contribution >= 0.6 is 0 Å². The summed E-state index contributed by atoms with van der Waals surface area (Å²) in [6.07, 6.45) is 0. The summed E-state index contributed by atoms with van der Waals surface area (Å²) in [7, 11) is 0. The molecule has 1 heterocycles. The number of hydrogen-bond acceptors (Lipinski definition) is 1. The molecule has 1 aliphatic rings. The Bertz CT molecular complexity index is 672. The highest BCUT2D eigenvalue weighted by atomic mass is 15.4. The molecule has 0 aliphatic carbocycles. The van der Waals surface area contributed by atoms with Crippen LogP contribution in [-0.4, -0.2) is 19.0 Å². The fourth-order valence-corrected chi connectivity index (χ4v) is 3.08. The molecule has 0 amide bonds. The van der Waals surface area contributed by atoms with Gasteiger partial charge in [-0.1, -0.05) is 24.3 Å². The van der Waals surface area contributed by atoms with Gasteiger partial charge < -0.3 is 9.80 Å². The zero-order valence-corrected chi connectivity index (χ0v) is 13.8. The molecular formula is C19H23N3. The Morgan fingerprint density at radius 3 is 1.55 bits per heavy atom. The molecule has 2 aromatic carbocycles. The average molecular weight is 293 g/mol. The van der Waals surface area contributed by atoms with Gasteiger partial charge in [-0.15, -0.1) is 0 Å². The number of nitrogens with one attached hydrogen (secondary N) is 1. The standard InChI is InChI=1S/C19H23N3/c1-13-7-5-9-17(15(13)3)21-11-12-22(19(21)20)18-10-6-8-14(2)16(18)4/h5-10,20H,11-12H2,1-4H3. The number of rotatable bonds is 2. The molecule has 0 spiro atoms. The summed E-state index contributed by atoms with van der Waals surface area (Å²) in [6.45, 7) is 10.2. The third-order valence-corrected chi connectivity index (χ3v) is 4.79. The van der Waals surface area contributed by atoms with Crippen LogP contribution < -0.4 is 9.80 Å². The van der Waals surface area contributed by atoms with Gasteiger partial charge in [-0.05, 0) is 62.1 Å². The van der Waals surface area contributed by atoms with Crippen LogP contribution in [0.5, 0.6) is 0 Å². The van der Waals surface area contributed by atoms with Gasteiger partial charge in [-0.2, -0.15) is 0 Å². The highest BCUT2D eigenvalue weighted by molar-refractivity contribution is 6.08. The molecule has 0 radical (unpaired) electrons. The fraction of sp³-hybridized carbons (Fsp3) is 0.316. The summed E-state index contributed by atoms with van der Waals surface area (Å²) in [5.74, 6) is 0.572. The van der Waals surface area contributed by atoms with Crippen LogP contribution in [0.1, 0.15) is 22.3 Å². The van der Waals surface area contributed by atoms with Gasteiger partial charge in [0.2, 0.25) is 5.96 Å². The molecule has 1 saturated heterocycles. The molecule has 22 heavy (non-hydrogen) atoms. The topological polar surface area (TPSA) is 30.3 Å². The van der Waals surface area contributed by atoms with E-state index < -0.39 is 0 Å². The Hall–Kier alpha value is -2.29. The maximum atomic E-state index is 8.62. The van der Waals surface area contributed by atoms with Gasteiger partial charge in [0, 0.05) is 24.5 Å². The fourth-order valence-electron chi connectivity index (χ4n) is 3.08. The second-order valence-electron chi connectivity index (χ2n) is 6.06. The van der Waals surface area contributed by atoms with Gasteiger partial charge in [-0.25, -0.2) is 0 Å². The van der Waals surface area contributed by atoms with E-state index in [1.165, 1.54) is 22.3 Å². The van der Waals surface area contributed by atoms with E-state index in [1.807, 2.05) is 0 Å². The van der Waals surface area contributed by atoms with E-state index in [0.717, 1.165) is 24.5 Å². The Labute approximate surface area is 132 Å². The summed E-state index contributed by atoms with van der Waals surface area (Å²) in [4.78, 5) is 4.23. The van der Waals surface area contributed by atoms with Gasteiger partial charge in [0.1, 0.15) is 0 Å². The molecule has 114 valence electrons. The lowest BCUT2D eigenvalue weighted by atomic mass is 10.1. The van der Waals surface area contributed by atoms with Gasteiger partial charge in [0.05, 0.1) is 0 Å². The molecule has 0 bridgehead atoms. The molecule has 1 N–H and O–H groups in total. The van der Waals surface area contributed by atoms with E-state index in [-0.39, 0.29) is 0 Å². The van der Waals surface area contributed by atoms with Crippen molar-refractivity contribution < 1.29 is 0 Å². The molecule has 0 aromatic heterocycles. The number of nitrogens with zero attached hydrogens (tertiary/aromatic N) is 2. The van der Waals surface area contributed by atoms with Gasteiger partial charge in [0.25, 0.3) is 0 Å². The van der Waals surface area contributed by atoms with E-state index in [0.29, 0.717) is 5.96 Å².